The largest absolute Gasteiger partial charge is 0.358 e. The first kappa shape index (κ1) is 13.2. The van der Waals surface area contributed by atoms with Crippen molar-refractivity contribution < 1.29 is 4.79 Å². The zero-order chi connectivity index (χ0) is 14.3. The van der Waals surface area contributed by atoms with Crippen molar-refractivity contribution in [3.8, 4) is 0 Å². The molecule has 3 rings (SSSR count). The molecule has 20 heavy (non-hydrogen) atoms. The van der Waals surface area contributed by atoms with Crippen molar-refractivity contribution in [1.82, 2.24) is 10.3 Å². The fraction of sp³-hybridized carbons (Fsp3) is 0.471. The summed E-state index contributed by atoms with van der Waals surface area (Å²) in [5.74, 6) is 0.793. The van der Waals surface area contributed by atoms with Gasteiger partial charge in [0.05, 0.1) is 0 Å². The number of nitrogens with one attached hydrogen (secondary N) is 2. The number of aromatic nitrogens is 1. The van der Waals surface area contributed by atoms with Gasteiger partial charge in [0, 0.05) is 28.2 Å². The molecule has 3 heteroatoms. The van der Waals surface area contributed by atoms with Crippen LogP contribution in [0.4, 0.5) is 0 Å². The lowest BCUT2D eigenvalue weighted by Crippen LogP contribution is -2.32. The number of fused-ring (bicyclic) bond motifs is 1. The molecule has 3 nitrogen and oxygen atoms in total. The van der Waals surface area contributed by atoms with Crippen LogP contribution in [0, 0.1) is 19.8 Å². The highest BCUT2D eigenvalue weighted by Gasteiger charge is 2.23. The van der Waals surface area contributed by atoms with Gasteiger partial charge in [0.2, 0.25) is 0 Å². The summed E-state index contributed by atoms with van der Waals surface area (Å²) in [4.78, 5) is 15.7. The molecule has 106 valence electrons. The predicted octanol–water partition coefficient (Wildman–Crippen LogP) is 3.70. The van der Waals surface area contributed by atoms with Gasteiger partial charge in [0.25, 0.3) is 5.91 Å². The number of H-pyrrole nitrogens is 1. The lowest BCUT2D eigenvalue weighted by Gasteiger charge is -2.12. The second-order valence-electron chi connectivity index (χ2n) is 6.22. The molecule has 0 spiro atoms. The lowest BCUT2D eigenvalue weighted by atomic mass is 10.1. The Morgan fingerprint density at radius 3 is 2.80 bits per heavy atom. The Morgan fingerprint density at radius 1 is 1.30 bits per heavy atom. The van der Waals surface area contributed by atoms with Crippen LogP contribution in [0.5, 0.6) is 0 Å². The maximum atomic E-state index is 12.3. The van der Waals surface area contributed by atoms with E-state index in [1.165, 1.54) is 17.7 Å². The fourth-order valence-electron chi connectivity index (χ4n) is 3.21. The molecule has 0 aliphatic heterocycles. The van der Waals surface area contributed by atoms with E-state index >= 15 is 0 Å². The second-order valence-corrected chi connectivity index (χ2v) is 6.22. The molecule has 2 atom stereocenters. The van der Waals surface area contributed by atoms with Gasteiger partial charge < -0.3 is 10.3 Å². The topological polar surface area (TPSA) is 44.9 Å². The molecular weight excluding hydrogens is 248 g/mol. The summed E-state index contributed by atoms with van der Waals surface area (Å²) in [7, 11) is 0. The normalized spacial score (nSPS) is 22.4. The van der Waals surface area contributed by atoms with Gasteiger partial charge in [-0.3, -0.25) is 4.79 Å². The minimum Gasteiger partial charge on any atom is -0.358 e. The summed E-state index contributed by atoms with van der Waals surface area (Å²) in [6.07, 6.45) is 3.44. The number of aryl methyl sites for hydroxylation is 2. The molecule has 1 saturated carbocycles. The number of benzene rings is 1. The highest BCUT2D eigenvalue weighted by atomic mass is 16.1. The van der Waals surface area contributed by atoms with Gasteiger partial charge in [-0.15, -0.1) is 0 Å². The number of aromatic amines is 1. The molecule has 2 unspecified atom stereocenters. The molecule has 0 bridgehead atoms. The van der Waals surface area contributed by atoms with E-state index in [4.69, 9.17) is 0 Å². The van der Waals surface area contributed by atoms with E-state index in [0.717, 1.165) is 35.2 Å². The van der Waals surface area contributed by atoms with Gasteiger partial charge >= 0.3 is 0 Å². The van der Waals surface area contributed by atoms with Crippen LogP contribution in [-0.2, 0) is 0 Å². The summed E-state index contributed by atoms with van der Waals surface area (Å²) in [5.41, 5.74) is 4.26. The zero-order valence-corrected chi connectivity index (χ0v) is 12.4. The van der Waals surface area contributed by atoms with Gasteiger partial charge in [-0.1, -0.05) is 6.92 Å². The quantitative estimate of drug-likeness (QED) is 0.858. The standard InChI is InChI=1S/C17H22N2O/c1-10-4-6-14(8-10)19-17(20)13-5-7-16-15(9-13)11(2)12(3)18-16/h5,7,9-10,14,18H,4,6,8H2,1-3H3,(H,19,20). The molecule has 1 aliphatic carbocycles. The first-order valence-electron chi connectivity index (χ1n) is 7.44. The maximum absolute atomic E-state index is 12.3. The molecule has 1 aliphatic rings. The average molecular weight is 270 g/mol. The minimum atomic E-state index is 0.0595. The summed E-state index contributed by atoms with van der Waals surface area (Å²) in [5, 5.41) is 4.32. The Morgan fingerprint density at radius 2 is 2.10 bits per heavy atom. The number of carbonyl (C=O) groups is 1. The highest BCUT2D eigenvalue weighted by Crippen LogP contribution is 2.26. The molecule has 0 saturated heterocycles. The predicted molar refractivity (Wildman–Crippen MR) is 82.0 cm³/mol. The Labute approximate surface area is 119 Å². The van der Waals surface area contributed by atoms with Crippen LogP contribution >= 0.6 is 0 Å². The van der Waals surface area contributed by atoms with Crippen LogP contribution in [0.25, 0.3) is 10.9 Å². The number of amides is 1. The van der Waals surface area contributed by atoms with Crippen LogP contribution in [0.2, 0.25) is 0 Å². The Bertz CT molecular complexity index is 656. The minimum absolute atomic E-state index is 0.0595. The fourth-order valence-corrected chi connectivity index (χ4v) is 3.21. The van der Waals surface area contributed by atoms with Crippen LogP contribution in [0.3, 0.4) is 0 Å². The Balaban J connectivity index is 1.82. The summed E-state index contributed by atoms with van der Waals surface area (Å²) >= 11 is 0. The average Bonchev–Trinajstić information content (AvgIpc) is 2.94. The molecule has 1 heterocycles. The summed E-state index contributed by atoms with van der Waals surface area (Å²) in [6, 6.07) is 6.26. The van der Waals surface area contributed by atoms with E-state index < -0.39 is 0 Å². The van der Waals surface area contributed by atoms with Gasteiger partial charge in [-0.05, 0) is 62.8 Å². The molecule has 1 aromatic carbocycles. The number of rotatable bonds is 2. The molecule has 1 amide bonds. The molecular formula is C17H22N2O. The van der Waals surface area contributed by atoms with Crippen molar-refractivity contribution in [2.24, 2.45) is 5.92 Å². The second kappa shape index (κ2) is 4.97. The highest BCUT2D eigenvalue weighted by molar-refractivity contribution is 5.99. The number of carbonyl (C=O) groups excluding carboxylic acids is 1. The van der Waals surface area contributed by atoms with Crippen LogP contribution in [0.1, 0.15) is 47.8 Å². The van der Waals surface area contributed by atoms with E-state index in [2.05, 4.69) is 31.1 Å². The molecule has 2 aromatic rings. The number of hydrogen-bond acceptors (Lipinski definition) is 1. The zero-order valence-electron chi connectivity index (χ0n) is 12.4. The molecule has 1 fully saturated rings. The first-order valence-corrected chi connectivity index (χ1v) is 7.44. The van der Waals surface area contributed by atoms with E-state index in [0.29, 0.717) is 6.04 Å². The van der Waals surface area contributed by atoms with Crippen molar-refractivity contribution in [1.29, 1.82) is 0 Å². The Hall–Kier alpha value is -1.77. The smallest absolute Gasteiger partial charge is 0.251 e. The summed E-state index contributed by atoms with van der Waals surface area (Å²) < 4.78 is 0. The molecule has 0 radical (unpaired) electrons. The van der Waals surface area contributed by atoms with Gasteiger partial charge in [-0.25, -0.2) is 0 Å². The lowest BCUT2D eigenvalue weighted by molar-refractivity contribution is 0.0937. The Kier molecular flexibility index (Phi) is 3.28. The SMILES string of the molecule is Cc1[nH]c2ccc(C(=O)NC3CCC(C)C3)cc2c1C. The maximum Gasteiger partial charge on any atom is 0.251 e. The van der Waals surface area contributed by atoms with E-state index in [1.807, 2.05) is 18.2 Å². The van der Waals surface area contributed by atoms with Gasteiger partial charge in [-0.2, -0.15) is 0 Å². The van der Waals surface area contributed by atoms with Gasteiger partial charge in [0.1, 0.15) is 0 Å². The molecule has 1 aromatic heterocycles. The van der Waals surface area contributed by atoms with Crippen LogP contribution in [0.15, 0.2) is 18.2 Å². The van der Waals surface area contributed by atoms with Crippen molar-refractivity contribution >= 4 is 16.8 Å². The van der Waals surface area contributed by atoms with Crippen molar-refractivity contribution in [3.63, 3.8) is 0 Å². The first-order chi connectivity index (χ1) is 9.54. The third kappa shape index (κ3) is 2.33. The van der Waals surface area contributed by atoms with Crippen molar-refractivity contribution in [2.45, 2.75) is 46.1 Å². The van der Waals surface area contributed by atoms with E-state index in [-0.39, 0.29) is 5.91 Å². The van der Waals surface area contributed by atoms with Crippen molar-refractivity contribution in [3.05, 3.63) is 35.0 Å². The van der Waals surface area contributed by atoms with Crippen LogP contribution in [-0.4, -0.2) is 16.9 Å². The molecule has 2 N–H and O–H groups in total. The number of hydrogen-bond donors (Lipinski definition) is 2. The van der Waals surface area contributed by atoms with Crippen molar-refractivity contribution in [2.75, 3.05) is 0 Å². The monoisotopic (exact) mass is 270 g/mol. The summed E-state index contributed by atoms with van der Waals surface area (Å²) in [6.45, 7) is 6.41. The van der Waals surface area contributed by atoms with Crippen LogP contribution < -0.4 is 5.32 Å². The third-order valence-corrected chi connectivity index (χ3v) is 4.60. The third-order valence-electron chi connectivity index (χ3n) is 4.60. The van der Waals surface area contributed by atoms with E-state index in [1.54, 1.807) is 0 Å². The van der Waals surface area contributed by atoms with Gasteiger partial charge in [0.15, 0.2) is 0 Å². The van der Waals surface area contributed by atoms with E-state index in [9.17, 15) is 4.79 Å².